The maximum absolute atomic E-state index is 12.7. The van der Waals surface area contributed by atoms with Crippen LogP contribution in [0.5, 0.6) is 5.75 Å². The zero-order valence-corrected chi connectivity index (χ0v) is 16.3. The van der Waals surface area contributed by atoms with Gasteiger partial charge in [0, 0.05) is 29.5 Å². The van der Waals surface area contributed by atoms with Crippen LogP contribution in [0.4, 0.5) is 0 Å². The van der Waals surface area contributed by atoms with E-state index in [0.717, 1.165) is 37.7 Å². The summed E-state index contributed by atoms with van der Waals surface area (Å²) < 4.78 is 11.0. The molecule has 0 aromatic heterocycles. The standard InChI is InChI=1S/C18H23ClN2O3S/c1-18(2)11-21(10-13-5-4-8-24-13)17(25-18)20-16(22)14-9-12(19)6-7-15(14)23-3/h6-7,9,13H,4-5,8,10-11H2,1-3H3/b20-17-/t13-/m0/s1. The number of amidine groups is 1. The van der Waals surface area contributed by atoms with Crippen LogP contribution in [0.25, 0.3) is 0 Å². The summed E-state index contributed by atoms with van der Waals surface area (Å²) >= 11 is 7.66. The molecular formula is C18H23ClN2O3S. The van der Waals surface area contributed by atoms with Gasteiger partial charge in [0.2, 0.25) is 0 Å². The first-order valence-electron chi connectivity index (χ1n) is 8.40. The summed E-state index contributed by atoms with van der Waals surface area (Å²) in [5.74, 6) is 0.142. The van der Waals surface area contributed by atoms with Crippen LogP contribution in [0.1, 0.15) is 37.0 Å². The van der Waals surface area contributed by atoms with Gasteiger partial charge < -0.3 is 14.4 Å². The monoisotopic (exact) mass is 382 g/mol. The summed E-state index contributed by atoms with van der Waals surface area (Å²) in [7, 11) is 1.53. The van der Waals surface area contributed by atoms with Crippen molar-refractivity contribution in [2.75, 3.05) is 26.8 Å². The molecule has 0 unspecified atom stereocenters. The lowest BCUT2D eigenvalue weighted by Crippen LogP contribution is -2.35. The van der Waals surface area contributed by atoms with Crippen LogP contribution < -0.4 is 4.74 Å². The van der Waals surface area contributed by atoms with Crippen molar-refractivity contribution in [2.24, 2.45) is 4.99 Å². The molecule has 2 aliphatic rings. The van der Waals surface area contributed by atoms with E-state index in [9.17, 15) is 4.79 Å². The van der Waals surface area contributed by atoms with Gasteiger partial charge >= 0.3 is 0 Å². The second kappa shape index (κ2) is 7.56. The fourth-order valence-corrected chi connectivity index (χ4v) is 4.42. The molecule has 2 aliphatic heterocycles. The van der Waals surface area contributed by atoms with Crippen LogP contribution in [0.3, 0.4) is 0 Å². The molecule has 0 bridgehead atoms. The van der Waals surface area contributed by atoms with E-state index in [4.69, 9.17) is 21.1 Å². The largest absolute Gasteiger partial charge is 0.496 e. The molecule has 1 aromatic rings. The minimum absolute atomic E-state index is 0.0101. The molecule has 25 heavy (non-hydrogen) atoms. The van der Waals surface area contributed by atoms with Crippen molar-refractivity contribution in [3.63, 3.8) is 0 Å². The van der Waals surface area contributed by atoms with Gasteiger partial charge in [-0.25, -0.2) is 0 Å². The quantitative estimate of drug-likeness (QED) is 0.791. The Bertz CT molecular complexity index is 687. The zero-order valence-electron chi connectivity index (χ0n) is 14.8. The van der Waals surface area contributed by atoms with Crippen LogP contribution >= 0.6 is 23.4 Å². The number of methoxy groups -OCH3 is 1. The van der Waals surface area contributed by atoms with Gasteiger partial charge in [0.1, 0.15) is 5.75 Å². The van der Waals surface area contributed by atoms with Crippen molar-refractivity contribution < 1.29 is 14.3 Å². The third-order valence-corrected chi connectivity index (χ3v) is 5.70. The Morgan fingerprint density at radius 2 is 2.32 bits per heavy atom. The molecule has 5 nitrogen and oxygen atoms in total. The summed E-state index contributed by atoms with van der Waals surface area (Å²) in [4.78, 5) is 19.3. The number of rotatable bonds is 4. The van der Waals surface area contributed by atoms with Crippen molar-refractivity contribution in [2.45, 2.75) is 37.5 Å². The Labute approximate surface area is 157 Å². The zero-order chi connectivity index (χ0) is 18.0. The number of halogens is 1. The molecule has 1 atom stereocenters. The van der Waals surface area contributed by atoms with Gasteiger partial charge in [-0.15, -0.1) is 0 Å². The van der Waals surface area contributed by atoms with Crippen molar-refractivity contribution in [3.8, 4) is 5.75 Å². The van der Waals surface area contributed by atoms with Crippen molar-refractivity contribution in [1.82, 2.24) is 4.90 Å². The normalized spacial score (nSPS) is 24.1. The molecule has 3 rings (SSSR count). The second-order valence-electron chi connectivity index (χ2n) is 6.92. The van der Waals surface area contributed by atoms with Gasteiger partial charge in [0.25, 0.3) is 5.91 Å². The van der Waals surface area contributed by atoms with E-state index in [1.807, 2.05) is 0 Å². The number of aliphatic imine (C=N–C) groups is 1. The number of nitrogens with zero attached hydrogens (tertiary/aromatic N) is 2. The smallest absolute Gasteiger partial charge is 0.283 e. The maximum Gasteiger partial charge on any atom is 0.283 e. The summed E-state index contributed by atoms with van der Waals surface area (Å²) in [5.41, 5.74) is 0.380. The lowest BCUT2D eigenvalue weighted by Gasteiger charge is -2.22. The molecule has 0 N–H and O–H groups in total. The molecule has 1 aromatic carbocycles. The summed E-state index contributed by atoms with van der Waals surface area (Å²) in [6.07, 6.45) is 2.38. The summed E-state index contributed by atoms with van der Waals surface area (Å²) in [6, 6.07) is 4.98. The minimum Gasteiger partial charge on any atom is -0.496 e. The highest BCUT2D eigenvalue weighted by molar-refractivity contribution is 8.15. The number of carbonyl (C=O) groups is 1. The molecule has 0 radical (unpaired) electrons. The molecule has 2 saturated heterocycles. The molecule has 2 fully saturated rings. The molecule has 0 aliphatic carbocycles. The molecule has 0 spiro atoms. The Morgan fingerprint density at radius 3 is 3.00 bits per heavy atom. The molecule has 1 amide bonds. The third kappa shape index (κ3) is 4.49. The van der Waals surface area contributed by atoms with E-state index in [-0.39, 0.29) is 16.8 Å². The molecular weight excluding hydrogens is 360 g/mol. The Balaban J connectivity index is 1.84. The van der Waals surface area contributed by atoms with Gasteiger partial charge in [-0.1, -0.05) is 23.4 Å². The van der Waals surface area contributed by atoms with Crippen LogP contribution in [-0.4, -0.2) is 53.6 Å². The second-order valence-corrected chi connectivity index (χ2v) is 9.03. The Hall–Kier alpha value is -1.24. The van der Waals surface area contributed by atoms with Gasteiger partial charge in [-0.3, -0.25) is 4.79 Å². The number of amides is 1. The summed E-state index contributed by atoms with van der Waals surface area (Å²) in [6.45, 7) is 6.76. The Morgan fingerprint density at radius 1 is 1.52 bits per heavy atom. The number of thioether (sulfide) groups is 1. The fraction of sp³-hybridized carbons (Fsp3) is 0.556. The van der Waals surface area contributed by atoms with E-state index in [0.29, 0.717) is 16.3 Å². The first kappa shape index (κ1) is 18.5. The number of carbonyl (C=O) groups excluding carboxylic acids is 1. The van der Waals surface area contributed by atoms with E-state index < -0.39 is 0 Å². The van der Waals surface area contributed by atoms with E-state index in [1.165, 1.54) is 7.11 Å². The van der Waals surface area contributed by atoms with Crippen LogP contribution in [0, 0.1) is 0 Å². The van der Waals surface area contributed by atoms with Gasteiger partial charge in [0.15, 0.2) is 5.17 Å². The predicted molar refractivity (Wildman–Crippen MR) is 102 cm³/mol. The highest BCUT2D eigenvalue weighted by atomic mass is 35.5. The highest BCUT2D eigenvalue weighted by Crippen LogP contribution is 2.36. The molecule has 2 heterocycles. The van der Waals surface area contributed by atoms with Crippen molar-refractivity contribution >= 4 is 34.4 Å². The lowest BCUT2D eigenvalue weighted by atomic mass is 10.1. The predicted octanol–water partition coefficient (Wildman–Crippen LogP) is 3.85. The van der Waals surface area contributed by atoms with E-state index in [2.05, 4.69) is 23.7 Å². The number of ether oxygens (including phenoxy) is 2. The molecule has 0 saturated carbocycles. The summed E-state index contributed by atoms with van der Waals surface area (Å²) in [5, 5.41) is 1.23. The van der Waals surface area contributed by atoms with Crippen molar-refractivity contribution in [3.05, 3.63) is 28.8 Å². The average Bonchev–Trinajstić information content (AvgIpc) is 3.15. The van der Waals surface area contributed by atoms with Gasteiger partial charge in [-0.2, -0.15) is 4.99 Å². The SMILES string of the molecule is COc1ccc(Cl)cc1C(=O)/N=C1\SC(C)(C)CN1C[C@@H]1CCCO1. The lowest BCUT2D eigenvalue weighted by molar-refractivity contribution is 0.0908. The third-order valence-electron chi connectivity index (χ3n) is 4.25. The van der Waals surface area contributed by atoms with E-state index in [1.54, 1.807) is 30.0 Å². The number of hydrogen-bond donors (Lipinski definition) is 0. The first-order chi connectivity index (χ1) is 11.9. The van der Waals surface area contributed by atoms with Crippen LogP contribution in [-0.2, 0) is 4.74 Å². The first-order valence-corrected chi connectivity index (χ1v) is 9.59. The fourth-order valence-electron chi connectivity index (χ4n) is 3.14. The highest BCUT2D eigenvalue weighted by Gasteiger charge is 2.37. The maximum atomic E-state index is 12.7. The number of hydrogen-bond acceptors (Lipinski definition) is 4. The Kier molecular flexibility index (Phi) is 5.61. The molecule has 7 heteroatoms. The minimum atomic E-state index is -0.336. The number of benzene rings is 1. The van der Waals surface area contributed by atoms with Crippen LogP contribution in [0.2, 0.25) is 5.02 Å². The van der Waals surface area contributed by atoms with Crippen molar-refractivity contribution in [1.29, 1.82) is 0 Å². The molecule has 136 valence electrons. The van der Waals surface area contributed by atoms with Gasteiger partial charge in [0.05, 0.1) is 18.8 Å². The van der Waals surface area contributed by atoms with Crippen LogP contribution in [0.15, 0.2) is 23.2 Å². The van der Waals surface area contributed by atoms with Gasteiger partial charge in [-0.05, 0) is 44.9 Å². The average molecular weight is 383 g/mol. The van der Waals surface area contributed by atoms with E-state index >= 15 is 0 Å². The topological polar surface area (TPSA) is 51.1 Å².